The van der Waals surface area contributed by atoms with E-state index < -0.39 is 10.0 Å². The number of nitrogens with zero attached hydrogens (tertiary/aromatic N) is 2. The summed E-state index contributed by atoms with van der Waals surface area (Å²) in [6.07, 6.45) is 2.00. The molecule has 128 valence electrons. The molecule has 1 aliphatic heterocycles. The van der Waals surface area contributed by atoms with Crippen molar-refractivity contribution in [3.63, 3.8) is 0 Å². The molecule has 0 aliphatic carbocycles. The monoisotopic (exact) mass is 395 g/mol. The maximum Gasteiger partial charge on any atom is 0.263 e. The van der Waals surface area contributed by atoms with Crippen LogP contribution in [0.5, 0.6) is 5.75 Å². The minimum atomic E-state index is -3.80. The zero-order valence-corrected chi connectivity index (χ0v) is 15.0. The van der Waals surface area contributed by atoms with Crippen LogP contribution in [-0.2, 0) is 16.4 Å². The molecule has 9 heteroatoms. The Morgan fingerprint density at radius 1 is 1.16 bits per heavy atom. The number of aromatic nitrogens is 2. The molecule has 6 nitrogen and oxygen atoms in total. The smallest absolute Gasteiger partial charge is 0.263 e. The summed E-state index contributed by atoms with van der Waals surface area (Å²) in [5.41, 5.74) is 1.72. The molecule has 0 bridgehead atoms. The van der Waals surface area contributed by atoms with Crippen molar-refractivity contribution in [2.24, 2.45) is 0 Å². The maximum absolute atomic E-state index is 12.6. The Labute approximate surface area is 153 Å². The molecule has 2 aromatic carbocycles. The summed E-state index contributed by atoms with van der Waals surface area (Å²) in [6.45, 7) is 0.559. The van der Waals surface area contributed by atoms with Gasteiger partial charge in [0.25, 0.3) is 10.0 Å². The molecular formula is C16H11Cl2N3O3S. The second kappa shape index (κ2) is 6.01. The van der Waals surface area contributed by atoms with Gasteiger partial charge in [-0.05, 0) is 35.9 Å². The fourth-order valence-electron chi connectivity index (χ4n) is 2.63. The third-order valence-electron chi connectivity index (χ3n) is 3.78. The van der Waals surface area contributed by atoms with Gasteiger partial charge in [-0.3, -0.25) is 4.72 Å². The second-order valence-corrected chi connectivity index (χ2v) is 8.01. The highest BCUT2D eigenvalue weighted by Gasteiger charge is 2.20. The van der Waals surface area contributed by atoms with Crippen LogP contribution in [0.3, 0.4) is 0 Å². The first-order valence-electron chi connectivity index (χ1n) is 7.33. The van der Waals surface area contributed by atoms with E-state index in [0.717, 1.165) is 5.56 Å². The first-order valence-corrected chi connectivity index (χ1v) is 9.57. The molecule has 0 saturated carbocycles. The second-order valence-electron chi connectivity index (χ2n) is 5.48. The van der Waals surface area contributed by atoms with E-state index in [1.807, 2.05) is 0 Å². The first kappa shape index (κ1) is 16.4. The number of hydrogen-bond acceptors (Lipinski definition) is 5. The number of fused-ring (bicyclic) bond motifs is 2. The summed E-state index contributed by atoms with van der Waals surface area (Å²) >= 11 is 12.0. The quantitative estimate of drug-likeness (QED) is 0.731. The summed E-state index contributed by atoms with van der Waals surface area (Å²) in [5, 5.41) is 0.744. The van der Waals surface area contributed by atoms with Crippen LogP contribution in [0, 0.1) is 0 Å². The number of sulfonamides is 1. The number of hydrogen-bond donors (Lipinski definition) is 1. The molecule has 3 aromatic rings. The Bertz CT molecular complexity index is 1100. The average Bonchev–Trinajstić information content (AvgIpc) is 3.01. The number of benzene rings is 2. The van der Waals surface area contributed by atoms with Crippen LogP contribution in [0.15, 0.2) is 41.4 Å². The molecule has 1 aromatic heterocycles. The lowest BCUT2D eigenvalue weighted by atomic mass is 10.2. The maximum atomic E-state index is 12.6. The molecule has 0 spiro atoms. The molecule has 0 unspecified atom stereocenters. The standard InChI is InChI=1S/C16H11Cl2N3O3S/c17-10-6-12(18)16-13(7-10)20-15(8-19-16)21-25(22,23)11-1-2-14-9(5-11)3-4-24-14/h1-2,5-8H,3-4H2,(H,20,21). The van der Waals surface area contributed by atoms with Gasteiger partial charge in [0.2, 0.25) is 0 Å². The molecule has 1 N–H and O–H groups in total. The van der Waals surface area contributed by atoms with Gasteiger partial charge < -0.3 is 4.74 Å². The highest BCUT2D eigenvalue weighted by atomic mass is 35.5. The van der Waals surface area contributed by atoms with Crippen molar-refractivity contribution < 1.29 is 13.2 Å². The Morgan fingerprint density at radius 3 is 2.84 bits per heavy atom. The first-order chi connectivity index (χ1) is 11.9. The predicted molar refractivity (Wildman–Crippen MR) is 96.0 cm³/mol. The fourth-order valence-corrected chi connectivity index (χ4v) is 4.19. The van der Waals surface area contributed by atoms with Gasteiger partial charge >= 0.3 is 0 Å². The van der Waals surface area contributed by atoms with E-state index in [1.165, 1.54) is 12.3 Å². The molecule has 0 amide bonds. The third kappa shape index (κ3) is 3.10. The van der Waals surface area contributed by atoms with Crippen LogP contribution in [0.25, 0.3) is 11.0 Å². The Balaban J connectivity index is 1.70. The van der Waals surface area contributed by atoms with Gasteiger partial charge in [-0.25, -0.2) is 18.4 Å². The molecule has 4 rings (SSSR count). The van der Waals surface area contributed by atoms with E-state index in [2.05, 4.69) is 14.7 Å². The number of nitrogens with one attached hydrogen (secondary N) is 1. The molecule has 0 fully saturated rings. The topological polar surface area (TPSA) is 81.2 Å². The highest BCUT2D eigenvalue weighted by Crippen LogP contribution is 2.29. The number of ether oxygens (including phenoxy) is 1. The van der Waals surface area contributed by atoms with Crippen LogP contribution in [0.4, 0.5) is 5.82 Å². The summed E-state index contributed by atoms with van der Waals surface area (Å²) in [5.74, 6) is 0.802. The Kier molecular flexibility index (Phi) is 3.94. The highest BCUT2D eigenvalue weighted by molar-refractivity contribution is 7.92. The van der Waals surface area contributed by atoms with E-state index in [0.29, 0.717) is 39.9 Å². The molecule has 0 atom stereocenters. The van der Waals surface area contributed by atoms with Gasteiger partial charge in [-0.2, -0.15) is 0 Å². The van der Waals surface area contributed by atoms with Crippen molar-refractivity contribution in [2.45, 2.75) is 11.3 Å². The van der Waals surface area contributed by atoms with Crippen LogP contribution in [0.1, 0.15) is 5.56 Å². The van der Waals surface area contributed by atoms with Crippen molar-refractivity contribution >= 4 is 50.1 Å². The van der Waals surface area contributed by atoms with Gasteiger partial charge in [-0.1, -0.05) is 23.2 Å². The van der Waals surface area contributed by atoms with Crippen LogP contribution < -0.4 is 9.46 Å². The lowest BCUT2D eigenvalue weighted by Crippen LogP contribution is -2.14. The van der Waals surface area contributed by atoms with Gasteiger partial charge in [-0.15, -0.1) is 0 Å². The summed E-state index contributed by atoms with van der Waals surface area (Å²) < 4.78 is 33.0. The average molecular weight is 396 g/mol. The van der Waals surface area contributed by atoms with E-state index in [9.17, 15) is 8.42 Å². The molecule has 0 radical (unpaired) electrons. The lowest BCUT2D eigenvalue weighted by molar-refractivity contribution is 0.356. The predicted octanol–water partition coefficient (Wildman–Crippen LogP) is 3.67. The normalized spacial score (nSPS) is 13.5. The van der Waals surface area contributed by atoms with Crippen molar-refractivity contribution in [1.82, 2.24) is 9.97 Å². The van der Waals surface area contributed by atoms with Gasteiger partial charge in [0.1, 0.15) is 11.3 Å². The molecule has 2 heterocycles. The lowest BCUT2D eigenvalue weighted by Gasteiger charge is -2.09. The summed E-state index contributed by atoms with van der Waals surface area (Å²) in [4.78, 5) is 8.53. The SMILES string of the molecule is O=S(=O)(Nc1cnc2c(Cl)cc(Cl)cc2n1)c1ccc2c(c1)CCO2. The van der Waals surface area contributed by atoms with E-state index in [-0.39, 0.29) is 10.7 Å². The summed E-state index contributed by atoms with van der Waals surface area (Å²) in [7, 11) is -3.80. The third-order valence-corrected chi connectivity index (χ3v) is 5.63. The van der Waals surface area contributed by atoms with E-state index in [4.69, 9.17) is 27.9 Å². The van der Waals surface area contributed by atoms with Crippen LogP contribution in [-0.4, -0.2) is 25.0 Å². The Hall–Kier alpha value is -2.09. The zero-order valence-electron chi connectivity index (χ0n) is 12.7. The zero-order chi connectivity index (χ0) is 17.6. The van der Waals surface area contributed by atoms with Crippen molar-refractivity contribution in [1.29, 1.82) is 0 Å². The number of anilines is 1. The molecular weight excluding hydrogens is 385 g/mol. The van der Waals surface area contributed by atoms with Gasteiger partial charge in [0.15, 0.2) is 5.82 Å². The Morgan fingerprint density at radius 2 is 2.00 bits per heavy atom. The summed E-state index contributed by atoms with van der Waals surface area (Å²) in [6, 6.07) is 7.88. The molecule has 0 saturated heterocycles. The van der Waals surface area contributed by atoms with Crippen LogP contribution >= 0.6 is 23.2 Å². The minimum Gasteiger partial charge on any atom is -0.493 e. The van der Waals surface area contributed by atoms with Gasteiger partial charge in [0.05, 0.1) is 28.2 Å². The van der Waals surface area contributed by atoms with E-state index in [1.54, 1.807) is 24.3 Å². The fraction of sp³-hybridized carbons (Fsp3) is 0.125. The van der Waals surface area contributed by atoms with E-state index >= 15 is 0 Å². The molecule has 1 aliphatic rings. The van der Waals surface area contributed by atoms with Crippen molar-refractivity contribution in [3.8, 4) is 5.75 Å². The molecule has 25 heavy (non-hydrogen) atoms. The van der Waals surface area contributed by atoms with Crippen molar-refractivity contribution in [3.05, 3.63) is 52.1 Å². The number of rotatable bonds is 3. The van der Waals surface area contributed by atoms with Gasteiger partial charge in [0, 0.05) is 11.4 Å². The largest absolute Gasteiger partial charge is 0.493 e. The van der Waals surface area contributed by atoms with Crippen LogP contribution in [0.2, 0.25) is 10.0 Å². The number of halogens is 2. The van der Waals surface area contributed by atoms with Crippen molar-refractivity contribution in [2.75, 3.05) is 11.3 Å². The minimum absolute atomic E-state index is 0.0857.